The summed E-state index contributed by atoms with van der Waals surface area (Å²) in [5, 5.41) is 0.795. The van der Waals surface area contributed by atoms with Gasteiger partial charge in [0, 0.05) is 12.3 Å². The first kappa shape index (κ1) is 14.1. The van der Waals surface area contributed by atoms with E-state index in [-0.39, 0.29) is 0 Å². The molecule has 0 bridgehead atoms. The SMILES string of the molecule is CCN(CC)CCSc1ncnc(OC)c1N. The molecule has 5 nitrogen and oxygen atoms in total. The van der Waals surface area contributed by atoms with Crippen molar-refractivity contribution in [3.63, 3.8) is 0 Å². The maximum Gasteiger partial charge on any atom is 0.241 e. The highest BCUT2D eigenvalue weighted by Crippen LogP contribution is 2.28. The van der Waals surface area contributed by atoms with Crippen molar-refractivity contribution in [2.45, 2.75) is 18.9 Å². The lowest BCUT2D eigenvalue weighted by atomic mass is 10.5. The molecule has 0 unspecified atom stereocenters. The predicted octanol–water partition coefficient (Wildman–Crippen LogP) is 1.50. The van der Waals surface area contributed by atoms with Crippen LogP contribution in [0.25, 0.3) is 0 Å². The van der Waals surface area contributed by atoms with Crippen LogP contribution in [0.2, 0.25) is 0 Å². The van der Waals surface area contributed by atoms with Gasteiger partial charge in [-0.15, -0.1) is 11.8 Å². The van der Waals surface area contributed by atoms with Gasteiger partial charge in [-0.1, -0.05) is 13.8 Å². The molecule has 0 spiro atoms. The Morgan fingerprint density at radius 1 is 1.35 bits per heavy atom. The summed E-state index contributed by atoms with van der Waals surface area (Å²) in [5.74, 6) is 1.41. The fraction of sp³-hybridized carbons (Fsp3) is 0.636. The number of hydrogen-bond acceptors (Lipinski definition) is 6. The summed E-state index contributed by atoms with van der Waals surface area (Å²) in [6.45, 7) is 7.50. The van der Waals surface area contributed by atoms with Crippen LogP contribution >= 0.6 is 11.8 Å². The number of aromatic nitrogens is 2. The Balaban J connectivity index is 2.52. The molecular weight excluding hydrogens is 236 g/mol. The van der Waals surface area contributed by atoms with Gasteiger partial charge in [-0.05, 0) is 13.1 Å². The second-order valence-corrected chi connectivity index (χ2v) is 4.56. The van der Waals surface area contributed by atoms with E-state index in [9.17, 15) is 0 Å². The Morgan fingerprint density at radius 2 is 2.06 bits per heavy atom. The van der Waals surface area contributed by atoms with E-state index in [1.807, 2.05) is 0 Å². The highest BCUT2D eigenvalue weighted by molar-refractivity contribution is 7.99. The molecule has 17 heavy (non-hydrogen) atoms. The molecule has 0 aliphatic heterocycles. The van der Waals surface area contributed by atoms with E-state index < -0.39 is 0 Å². The van der Waals surface area contributed by atoms with Crippen molar-refractivity contribution < 1.29 is 4.74 Å². The van der Waals surface area contributed by atoms with Gasteiger partial charge in [0.2, 0.25) is 5.88 Å². The molecule has 1 heterocycles. The van der Waals surface area contributed by atoms with E-state index in [0.717, 1.165) is 30.4 Å². The van der Waals surface area contributed by atoms with Gasteiger partial charge in [0.15, 0.2) is 0 Å². The Bertz CT molecular complexity index is 344. The molecule has 96 valence electrons. The summed E-state index contributed by atoms with van der Waals surface area (Å²) in [4.78, 5) is 10.5. The molecule has 0 saturated carbocycles. The minimum atomic E-state index is 0.449. The Morgan fingerprint density at radius 3 is 2.65 bits per heavy atom. The highest BCUT2D eigenvalue weighted by Gasteiger charge is 2.09. The maximum atomic E-state index is 5.89. The van der Waals surface area contributed by atoms with Gasteiger partial charge in [-0.25, -0.2) is 4.98 Å². The lowest BCUT2D eigenvalue weighted by molar-refractivity contribution is 0.324. The number of ether oxygens (including phenoxy) is 1. The van der Waals surface area contributed by atoms with Crippen molar-refractivity contribution in [3.8, 4) is 5.88 Å². The highest BCUT2D eigenvalue weighted by atomic mass is 32.2. The molecule has 0 aliphatic carbocycles. The summed E-state index contributed by atoms with van der Waals surface area (Å²) in [6.07, 6.45) is 1.48. The number of nitrogen functional groups attached to an aromatic ring is 1. The van der Waals surface area contributed by atoms with Gasteiger partial charge in [0.25, 0.3) is 0 Å². The average Bonchev–Trinajstić information content (AvgIpc) is 2.36. The molecule has 0 radical (unpaired) electrons. The van der Waals surface area contributed by atoms with E-state index in [1.165, 1.54) is 6.33 Å². The van der Waals surface area contributed by atoms with E-state index in [2.05, 4.69) is 28.7 Å². The van der Waals surface area contributed by atoms with Gasteiger partial charge in [0.1, 0.15) is 17.0 Å². The van der Waals surface area contributed by atoms with E-state index in [1.54, 1.807) is 18.9 Å². The van der Waals surface area contributed by atoms with Crippen LogP contribution in [0.3, 0.4) is 0 Å². The number of thioether (sulfide) groups is 1. The monoisotopic (exact) mass is 256 g/mol. The fourth-order valence-electron chi connectivity index (χ4n) is 1.45. The second kappa shape index (κ2) is 7.34. The van der Waals surface area contributed by atoms with Crippen molar-refractivity contribution >= 4 is 17.4 Å². The number of rotatable bonds is 7. The average molecular weight is 256 g/mol. The number of anilines is 1. The van der Waals surface area contributed by atoms with Crippen LogP contribution in [0.4, 0.5) is 5.69 Å². The van der Waals surface area contributed by atoms with Gasteiger partial charge < -0.3 is 15.4 Å². The molecule has 0 aliphatic rings. The van der Waals surface area contributed by atoms with Crippen LogP contribution in [0, 0.1) is 0 Å². The van der Waals surface area contributed by atoms with Gasteiger partial charge in [0.05, 0.1) is 7.11 Å². The zero-order valence-electron chi connectivity index (χ0n) is 10.6. The van der Waals surface area contributed by atoms with Gasteiger partial charge in [-0.3, -0.25) is 0 Å². The summed E-state index contributed by atoms with van der Waals surface area (Å²) in [7, 11) is 1.56. The predicted molar refractivity (Wildman–Crippen MR) is 71.5 cm³/mol. The van der Waals surface area contributed by atoms with E-state index >= 15 is 0 Å². The van der Waals surface area contributed by atoms with Gasteiger partial charge >= 0.3 is 0 Å². The first-order valence-electron chi connectivity index (χ1n) is 5.72. The molecular formula is C11H20N4OS. The Labute approximate surface area is 107 Å². The second-order valence-electron chi connectivity index (χ2n) is 3.48. The van der Waals surface area contributed by atoms with Crippen molar-refractivity contribution in [1.29, 1.82) is 0 Å². The lowest BCUT2D eigenvalue weighted by Crippen LogP contribution is -2.25. The van der Waals surface area contributed by atoms with Crippen LogP contribution in [0.5, 0.6) is 5.88 Å². The Kier molecular flexibility index (Phi) is 6.07. The standard InChI is InChI=1S/C11H20N4OS/c1-4-15(5-2)6-7-17-11-9(12)10(16-3)13-8-14-11/h8H,4-7,12H2,1-3H3. The molecule has 0 fully saturated rings. The third kappa shape index (κ3) is 4.05. The Hall–Kier alpha value is -1.01. The third-order valence-corrected chi connectivity index (χ3v) is 3.53. The number of methoxy groups -OCH3 is 1. The topological polar surface area (TPSA) is 64.3 Å². The molecule has 1 rings (SSSR count). The molecule has 0 saturated heterocycles. The molecule has 0 atom stereocenters. The van der Waals surface area contributed by atoms with Gasteiger partial charge in [-0.2, -0.15) is 4.98 Å². The molecule has 1 aromatic rings. The maximum absolute atomic E-state index is 5.89. The van der Waals surface area contributed by atoms with E-state index in [0.29, 0.717) is 11.6 Å². The van der Waals surface area contributed by atoms with Crippen LogP contribution in [0.1, 0.15) is 13.8 Å². The fourth-order valence-corrected chi connectivity index (χ4v) is 2.36. The van der Waals surface area contributed by atoms with Crippen molar-refractivity contribution in [3.05, 3.63) is 6.33 Å². The first-order valence-corrected chi connectivity index (χ1v) is 6.71. The molecule has 2 N–H and O–H groups in total. The molecule has 0 aromatic carbocycles. The summed E-state index contributed by atoms with van der Waals surface area (Å²) >= 11 is 1.64. The van der Waals surface area contributed by atoms with Crippen LogP contribution in [-0.4, -0.2) is 47.4 Å². The van der Waals surface area contributed by atoms with Crippen molar-refractivity contribution in [2.75, 3.05) is 38.2 Å². The minimum Gasteiger partial charge on any atom is -0.479 e. The van der Waals surface area contributed by atoms with Crippen molar-refractivity contribution in [1.82, 2.24) is 14.9 Å². The summed E-state index contributed by atoms with van der Waals surface area (Å²) < 4.78 is 5.06. The van der Waals surface area contributed by atoms with Crippen LogP contribution in [0.15, 0.2) is 11.4 Å². The normalized spacial score (nSPS) is 10.8. The number of nitrogens with zero attached hydrogens (tertiary/aromatic N) is 3. The molecule has 1 aromatic heterocycles. The third-order valence-electron chi connectivity index (χ3n) is 2.54. The summed E-state index contributed by atoms with van der Waals surface area (Å²) in [5.41, 5.74) is 6.42. The molecule has 6 heteroatoms. The van der Waals surface area contributed by atoms with E-state index in [4.69, 9.17) is 10.5 Å². The van der Waals surface area contributed by atoms with Crippen molar-refractivity contribution in [2.24, 2.45) is 0 Å². The zero-order chi connectivity index (χ0) is 12.7. The zero-order valence-corrected chi connectivity index (χ0v) is 11.5. The molecule has 0 amide bonds. The summed E-state index contributed by atoms with van der Waals surface area (Å²) in [6, 6.07) is 0. The lowest BCUT2D eigenvalue weighted by Gasteiger charge is -2.17. The minimum absolute atomic E-state index is 0.449. The van der Waals surface area contributed by atoms with Crippen LogP contribution in [-0.2, 0) is 0 Å². The smallest absolute Gasteiger partial charge is 0.241 e. The number of nitrogens with two attached hydrogens (primary N) is 1. The largest absolute Gasteiger partial charge is 0.479 e. The number of hydrogen-bond donors (Lipinski definition) is 1. The quantitative estimate of drug-likeness (QED) is 0.589. The first-order chi connectivity index (χ1) is 8.22. The van der Waals surface area contributed by atoms with Crippen LogP contribution < -0.4 is 10.5 Å².